The van der Waals surface area contributed by atoms with Crippen LogP contribution in [0.3, 0.4) is 0 Å². The van der Waals surface area contributed by atoms with E-state index in [4.69, 9.17) is 0 Å². The number of amides is 1. The number of carbonyl (C=O) groups is 1. The molecular weight excluding hydrogens is 435 g/mol. The second kappa shape index (κ2) is 8.97. The van der Waals surface area contributed by atoms with Crippen LogP contribution in [0.15, 0.2) is 36.5 Å². The lowest BCUT2D eigenvalue weighted by molar-refractivity contribution is -0.143. The van der Waals surface area contributed by atoms with Crippen LogP contribution in [0, 0.1) is 0 Å². The van der Waals surface area contributed by atoms with Crippen molar-refractivity contribution in [1.29, 1.82) is 0 Å². The number of nitrogens with zero attached hydrogens (tertiary/aromatic N) is 5. The SMILES string of the molecule is CCN(CC)S(=O)(=O)N1CCN(C(=O)c2cnn(-c3ccccc3)c2C(F)(F)F)CC1. The molecule has 8 nitrogen and oxygen atoms in total. The van der Waals surface area contributed by atoms with Crippen molar-refractivity contribution in [2.24, 2.45) is 0 Å². The monoisotopic (exact) mass is 459 g/mol. The molecule has 0 spiro atoms. The maximum atomic E-state index is 13.8. The number of piperazine rings is 1. The van der Waals surface area contributed by atoms with Crippen molar-refractivity contribution in [3.63, 3.8) is 0 Å². The fourth-order valence-electron chi connectivity index (χ4n) is 3.55. The van der Waals surface area contributed by atoms with Crippen molar-refractivity contribution in [2.75, 3.05) is 39.3 Å². The first-order valence-corrected chi connectivity index (χ1v) is 11.3. The Kier molecular flexibility index (Phi) is 6.72. The van der Waals surface area contributed by atoms with Crippen molar-refractivity contribution in [3.8, 4) is 5.69 Å². The van der Waals surface area contributed by atoms with Crippen LogP contribution in [-0.2, 0) is 16.4 Å². The number of aromatic nitrogens is 2. The summed E-state index contributed by atoms with van der Waals surface area (Å²) in [5.41, 5.74) is -1.53. The maximum Gasteiger partial charge on any atom is 0.434 e. The van der Waals surface area contributed by atoms with E-state index < -0.39 is 33.6 Å². The van der Waals surface area contributed by atoms with E-state index >= 15 is 0 Å². The first-order valence-electron chi connectivity index (χ1n) is 9.86. The minimum atomic E-state index is -4.80. The normalized spacial score (nSPS) is 16.1. The van der Waals surface area contributed by atoms with Gasteiger partial charge >= 0.3 is 6.18 Å². The van der Waals surface area contributed by atoms with Crippen LogP contribution in [0.4, 0.5) is 13.2 Å². The molecule has 2 aromatic rings. The Labute approximate surface area is 179 Å². The van der Waals surface area contributed by atoms with Crippen molar-refractivity contribution in [2.45, 2.75) is 20.0 Å². The van der Waals surface area contributed by atoms with Gasteiger partial charge in [-0.25, -0.2) is 4.68 Å². The molecule has 2 heterocycles. The first-order chi connectivity index (χ1) is 14.6. The zero-order valence-corrected chi connectivity index (χ0v) is 18.0. The Balaban J connectivity index is 1.83. The molecule has 0 N–H and O–H groups in total. The Morgan fingerprint density at radius 2 is 1.65 bits per heavy atom. The standard InChI is InChI=1S/C19H24F3N5O3S/c1-3-25(4-2)31(29,30)26-12-10-24(11-13-26)18(28)16-14-23-27(17(16)19(20,21)22)15-8-6-5-7-9-15/h5-9,14H,3-4,10-13H2,1-2H3. The van der Waals surface area contributed by atoms with Crippen LogP contribution in [0.1, 0.15) is 29.9 Å². The van der Waals surface area contributed by atoms with Gasteiger partial charge in [-0.1, -0.05) is 32.0 Å². The largest absolute Gasteiger partial charge is 0.434 e. The minimum absolute atomic E-state index is 0.00680. The number of hydrogen-bond donors (Lipinski definition) is 0. The molecule has 0 saturated carbocycles. The van der Waals surface area contributed by atoms with Gasteiger partial charge in [0.2, 0.25) is 0 Å². The molecule has 3 rings (SSSR count). The summed E-state index contributed by atoms with van der Waals surface area (Å²) < 4.78 is 70.0. The van der Waals surface area contributed by atoms with E-state index in [9.17, 15) is 26.4 Å². The predicted molar refractivity (Wildman–Crippen MR) is 108 cm³/mol. The van der Waals surface area contributed by atoms with Crippen LogP contribution in [0.2, 0.25) is 0 Å². The zero-order valence-electron chi connectivity index (χ0n) is 17.2. The summed E-state index contributed by atoms with van der Waals surface area (Å²) in [6, 6.07) is 7.75. The van der Waals surface area contributed by atoms with E-state index in [2.05, 4.69) is 5.10 Å². The average molecular weight is 459 g/mol. The Bertz CT molecular complexity index is 1010. The number of carbonyl (C=O) groups excluding carboxylic acids is 1. The molecular formula is C19H24F3N5O3S. The Hall–Kier alpha value is -2.44. The van der Waals surface area contributed by atoms with Crippen LogP contribution in [-0.4, -0.2) is 76.9 Å². The smallest absolute Gasteiger partial charge is 0.336 e. The zero-order chi connectivity index (χ0) is 22.8. The third kappa shape index (κ3) is 4.60. The van der Waals surface area contributed by atoms with Crippen molar-refractivity contribution < 1.29 is 26.4 Å². The number of benzene rings is 1. The van der Waals surface area contributed by atoms with E-state index in [-0.39, 0.29) is 31.9 Å². The fourth-order valence-corrected chi connectivity index (χ4v) is 5.15. The lowest BCUT2D eigenvalue weighted by Crippen LogP contribution is -2.54. The van der Waals surface area contributed by atoms with Crippen LogP contribution in [0.5, 0.6) is 0 Å². The molecule has 170 valence electrons. The fraction of sp³-hybridized carbons (Fsp3) is 0.474. The summed E-state index contributed by atoms with van der Waals surface area (Å²) in [4.78, 5) is 14.1. The van der Waals surface area contributed by atoms with Gasteiger partial charge in [-0.15, -0.1) is 0 Å². The van der Waals surface area contributed by atoms with Crippen molar-refractivity contribution >= 4 is 16.1 Å². The highest BCUT2D eigenvalue weighted by atomic mass is 32.2. The molecule has 31 heavy (non-hydrogen) atoms. The molecule has 0 atom stereocenters. The van der Waals surface area contributed by atoms with Crippen LogP contribution < -0.4 is 0 Å². The molecule has 1 fully saturated rings. The average Bonchev–Trinajstić information content (AvgIpc) is 3.20. The van der Waals surface area contributed by atoms with E-state index in [1.54, 1.807) is 32.0 Å². The minimum Gasteiger partial charge on any atom is -0.336 e. The highest BCUT2D eigenvalue weighted by Gasteiger charge is 2.42. The molecule has 1 aliphatic rings. The van der Waals surface area contributed by atoms with Crippen molar-refractivity contribution in [1.82, 2.24) is 23.3 Å². The Morgan fingerprint density at radius 1 is 1.06 bits per heavy atom. The summed E-state index contributed by atoms with van der Waals surface area (Å²) in [5.74, 6) is -0.825. The molecule has 1 aromatic carbocycles. The molecule has 1 amide bonds. The molecule has 1 aromatic heterocycles. The maximum absolute atomic E-state index is 13.8. The number of para-hydroxylation sites is 1. The lowest BCUT2D eigenvalue weighted by Gasteiger charge is -2.36. The van der Waals surface area contributed by atoms with Gasteiger partial charge in [0.25, 0.3) is 16.1 Å². The topological polar surface area (TPSA) is 78.8 Å². The van der Waals surface area contributed by atoms with Gasteiger partial charge in [0.1, 0.15) is 0 Å². The van der Waals surface area contributed by atoms with Crippen molar-refractivity contribution in [3.05, 3.63) is 47.8 Å². The molecule has 0 unspecified atom stereocenters. The van der Waals surface area contributed by atoms with Gasteiger partial charge in [-0.2, -0.15) is 35.3 Å². The molecule has 0 radical (unpaired) electrons. The summed E-state index contributed by atoms with van der Waals surface area (Å²) in [7, 11) is -3.67. The van der Waals surface area contributed by atoms with Gasteiger partial charge < -0.3 is 4.90 Å². The summed E-state index contributed by atoms with van der Waals surface area (Å²) in [6.07, 6.45) is -3.89. The lowest BCUT2D eigenvalue weighted by atomic mass is 10.2. The highest BCUT2D eigenvalue weighted by Crippen LogP contribution is 2.34. The summed E-state index contributed by atoms with van der Waals surface area (Å²) in [6.45, 7) is 4.09. The predicted octanol–water partition coefficient (Wildman–Crippen LogP) is 2.24. The second-order valence-corrected chi connectivity index (χ2v) is 8.86. The molecule has 0 bridgehead atoms. The van der Waals surface area contributed by atoms with E-state index in [1.807, 2.05) is 0 Å². The number of alkyl halides is 3. The van der Waals surface area contributed by atoms with Gasteiger partial charge in [-0.05, 0) is 12.1 Å². The summed E-state index contributed by atoms with van der Waals surface area (Å²) in [5, 5.41) is 3.80. The van der Waals surface area contributed by atoms with Gasteiger partial charge in [0, 0.05) is 39.3 Å². The molecule has 0 aliphatic carbocycles. The third-order valence-electron chi connectivity index (χ3n) is 5.15. The van der Waals surface area contributed by atoms with E-state index in [1.165, 1.54) is 25.6 Å². The van der Waals surface area contributed by atoms with Gasteiger partial charge in [0.15, 0.2) is 5.69 Å². The van der Waals surface area contributed by atoms with E-state index in [0.717, 1.165) is 6.20 Å². The second-order valence-electron chi connectivity index (χ2n) is 6.94. The van der Waals surface area contributed by atoms with Gasteiger partial charge in [0.05, 0.1) is 17.4 Å². The molecule has 1 saturated heterocycles. The quantitative estimate of drug-likeness (QED) is 0.664. The third-order valence-corrected chi connectivity index (χ3v) is 7.34. The van der Waals surface area contributed by atoms with Gasteiger partial charge in [-0.3, -0.25) is 4.79 Å². The Morgan fingerprint density at radius 3 is 2.16 bits per heavy atom. The van der Waals surface area contributed by atoms with Crippen LogP contribution in [0.25, 0.3) is 5.69 Å². The number of halogens is 3. The molecule has 12 heteroatoms. The highest BCUT2D eigenvalue weighted by molar-refractivity contribution is 7.86. The molecule has 1 aliphatic heterocycles. The van der Waals surface area contributed by atoms with Crippen LogP contribution >= 0.6 is 0 Å². The first kappa shape index (κ1) is 23.2. The summed E-state index contributed by atoms with van der Waals surface area (Å²) >= 11 is 0. The number of hydrogen-bond acceptors (Lipinski definition) is 4. The van der Waals surface area contributed by atoms with E-state index in [0.29, 0.717) is 17.8 Å². The number of rotatable bonds is 6.